The maximum Gasteiger partial charge on any atom is 0.262 e. The molecule has 2 rings (SSSR count). The number of carbonyl (C=O) groups is 1. The van der Waals surface area contributed by atoms with Crippen LogP contribution in [0.5, 0.6) is 5.75 Å². The SMILES string of the molecule is Cc1ccccc1OCC(=O)Nc1cccc(Cl)c1N(C)C. The molecule has 0 atom stereocenters. The topological polar surface area (TPSA) is 41.6 Å². The zero-order valence-corrected chi connectivity index (χ0v) is 13.6. The van der Waals surface area contributed by atoms with E-state index < -0.39 is 0 Å². The van der Waals surface area contributed by atoms with Crippen LogP contribution in [0.4, 0.5) is 11.4 Å². The molecular weight excluding hydrogens is 300 g/mol. The smallest absolute Gasteiger partial charge is 0.262 e. The Labute approximate surface area is 135 Å². The molecule has 2 aromatic carbocycles. The van der Waals surface area contributed by atoms with Gasteiger partial charge in [0, 0.05) is 14.1 Å². The van der Waals surface area contributed by atoms with Crippen molar-refractivity contribution in [2.45, 2.75) is 6.92 Å². The number of amides is 1. The van der Waals surface area contributed by atoms with Gasteiger partial charge < -0.3 is 15.0 Å². The fourth-order valence-corrected chi connectivity index (χ4v) is 2.46. The van der Waals surface area contributed by atoms with Gasteiger partial charge in [0.2, 0.25) is 0 Å². The molecule has 0 aromatic heterocycles. The van der Waals surface area contributed by atoms with Crippen LogP contribution in [-0.4, -0.2) is 26.6 Å². The van der Waals surface area contributed by atoms with Crippen molar-refractivity contribution in [3.63, 3.8) is 0 Å². The molecule has 4 nitrogen and oxygen atoms in total. The number of rotatable bonds is 5. The summed E-state index contributed by atoms with van der Waals surface area (Å²) in [5, 5.41) is 3.42. The molecule has 0 saturated heterocycles. The van der Waals surface area contributed by atoms with Crippen LogP contribution in [0.1, 0.15) is 5.56 Å². The fourth-order valence-electron chi connectivity index (χ4n) is 2.12. The van der Waals surface area contributed by atoms with E-state index in [1.54, 1.807) is 12.1 Å². The van der Waals surface area contributed by atoms with Gasteiger partial charge in [-0.2, -0.15) is 0 Å². The molecule has 1 amide bonds. The Bertz CT molecular complexity index is 671. The predicted molar refractivity (Wildman–Crippen MR) is 91.1 cm³/mol. The van der Waals surface area contributed by atoms with E-state index in [0.29, 0.717) is 16.5 Å². The van der Waals surface area contributed by atoms with Crippen LogP contribution in [0.15, 0.2) is 42.5 Å². The Hall–Kier alpha value is -2.20. The Kier molecular flexibility index (Phi) is 5.28. The summed E-state index contributed by atoms with van der Waals surface area (Å²) in [6.07, 6.45) is 0. The van der Waals surface area contributed by atoms with E-state index >= 15 is 0 Å². The van der Waals surface area contributed by atoms with Crippen LogP contribution in [0.25, 0.3) is 0 Å². The lowest BCUT2D eigenvalue weighted by molar-refractivity contribution is -0.118. The second kappa shape index (κ2) is 7.18. The normalized spacial score (nSPS) is 10.2. The zero-order valence-electron chi connectivity index (χ0n) is 12.9. The fraction of sp³-hybridized carbons (Fsp3) is 0.235. The number of benzene rings is 2. The van der Waals surface area contributed by atoms with Crippen LogP contribution in [0, 0.1) is 6.92 Å². The summed E-state index contributed by atoms with van der Waals surface area (Å²) >= 11 is 6.18. The van der Waals surface area contributed by atoms with E-state index in [0.717, 1.165) is 11.3 Å². The summed E-state index contributed by atoms with van der Waals surface area (Å²) in [6.45, 7) is 1.89. The lowest BCUT2D eigenvalue weighted by Gasteiger charge is -2.19. The molecule has 22 heavy (non-hydrogen) atoms. The van der Waals surface area contributed by atoms with E-state index in [4.69, 9.17) is 16.3 Å². The van der Waals surface area contributed by atoms with E-state index in [2.05, 4.69) is 5.32 Å². The first-order valence-corrected chi connectivity index (χ1v) is 7.31. The van der Waals surface area contributed by atoms with Crippen molar-refractivity contribution in [2.75, 3.05) is 30.9 Å². The highest BCUT2D eigenvalue weighted by Crippen LogP contribution is 2.32. The third-order valence-electron chi connectivity index (χ3n) is 3.16. The van der Waals surface area contributed by atoms with Gasteiger partial charge in [0.05, 0.1) is 16.4 Å². The highest BCUT2D eigenvalue weighted by molar-refractivity contribution is 6.34. The molecule has 5 heteroatoms. The van der Waals surface area contributed by atoms with Crippen LogP contribution < -0.4 is 15.0 Å². The van der Waals surface area contributed by atoms with Crippen LogP contribution >= 0.6 is 11.6 Å². The van der Waals surface area contributed by atoms with E-state index in [9.17, 15) is 4.79 Å². The van der Waals surface area contributed by atoms with Gasteiger partial charge in [-0.15, -0.1) is 0 Å². The molecule has 0 aliphatic heterocycles. The van der Waals surface area contributed by atoms with Crippen LogP contribution in [0.2, 0.25) is 5.02 Å². The molecule has 116 valence electrons. The average molecular weight is 319 g/mol. The summed E-state index contributed by atoms with van der Waals surface area (Å²) in [5.74, 6) is 0.477. The van der Waals surface area contributed by atoms with E-state index in [-0.39, 0.29) is 12.5 Å². The van der Waals surface area contributed by atoms with Crippen LogP contribution in [0.3, 0.4) is 0 Å². The van der Waals surface area contributed by atoms with Crippen LogP contribution in [-0.2, 0) is 4.79 Å². The summed E-state index contributed by atoms with van der Waals surface area (Å²) < 4.78 is 5.54. The van der Waals surface area contributed by atoms with Gasteiger partial charge in [-0.25, -0.2) is 0 Å². The number of nitrogens with one attached hydrogen (secondary N) is 1. The lowest BCUT2D eigenvalue weighted by Crippen LogP contribution is -2.22. The second-order valence-electron chi connectivity index (χ2n) is 5.13. The third-order valence-corrected chi connectivity index (χ3v) is 3.47. The first-order chi connectivity index (χ1) is 10.5. The Morgan fingerprint density at radius 3 is 2.59 bits per heavy atom. The minimum atomic E-state index is -0.228. The van der Waals surface area contributed by atoms with Gasteiger partial charge in [-0.3, -0.25) is 4.79 Å². The minimum Gasteiger partial charge on any atom is -0.483 e. The van der Waals surface area contributed by atoms with Gasteiger partial charge in [0.15, 0.2) is 6.61 Å². The van der Waals surface area contributed by atoms with Gasteiger partial charge in [0.1, 0.15) is 5.75 Å². The molecule has 0 spiro atoms. The minimum absolute atomic E-state index is 0.0514. The number of nitrogens with zero attached hydrogens (tertiary/aromatic N) is 1. The first-order valence-electron chi connectivity index (χ1n) is 6.93. The molecule has 0 saturated carbocycles. The molecule has 0 bridgehead atoms. The lowest BCUT2D eigenvalue weighted by atomic mass is 10.2. The van der Waals surface area contributed by atoms with E-state index in [1.165, 1.54) is 0 Å². The molecule has 0 heterocycles. The Morgan fingerprint density at radius 1 is 1.18 bits per heavy atom. The number of halogens is 1. The third kappa shape index (κ3) is 3.92. The van der Waals surface area contributed by atoms with E-state index in [1.807, 2.05) is 56.3 Å². The summed E-state index contributed by atoms with van der Waals surface area (Å²) in [5.41, 5.74) is 2.43. The molecule has 0 aliphatic carbocycles. The number of anilines is 2. The van der Waals surface area contributed by atoms with Gasteiger partial charge in [-0.05, 0) is 30.7 Å². The van der Waals surface area contributed by atoms with Crippen molar-refractivity contribution >= 4 is 28.9 Å². The van der Waals surface area contributed by atoms with Crippen molar-refractivity contribution in [3.05, 3.63) is 53.1 Å². The van der Waals surface area contributed by atoms with Gasteiger partial charge in [0.25, 0.3) is 5.91 Å². The number of carbonyl (C=O) groups excluding carboxylic acids is 1. The Balaban J connectivity index is 2.04. The van der Waals surface area contributed by atoms with Crippen molar-refractivity contribution in [1.29, 1.82) is 0 Å². The summed E-state index contributed by atoms with van der Waals surface area (Å²) in [7, 11) is 3.75. The second-order valence-corrected chi connectivity index (χ2v) is 5.54. The zero-order chi connectivity index (χ0) is 16.1. The number of aryl methyl sites for hydroxylation is 1. The molecule has 0 aliphatic rings. The van der Waals surface area contributed by atoms with Crippen molar-refractivity contribution in [3.8, 4) is 5.75 Å². The summed E-state index contributed by atoms with van der Waals surface area (Å²) in [6, 6.07) is 13.0. The molecule has 0 unspecified atom stereocenters. The molecule has 0 radical (unpaired) electrons. The van der Waals surface area contributed by atoms with Gasteiger partial charge in [-0.1, -0.05) is 35.9 Å². The molecule has 1 N–H and O–H groups in total. The molecule has 0 fully saturated rings. The molecular formula is C17H19ClN2O2. The van der Waals surface area contributed by atoms with Crippen molar-refractivity contribution in [2.24, 2.45) is 0 Å². The standard InChI is InChI=1S/C17H19ClN2O2/c1-12-7-4-5-10-15(12)22-11-16(21)19-14-9-6-8-13(18)17(14)20(2)3/h4-10H,11H2,1-3H3,(H,19,21). The molecule has 2 aromatic rings. The summed E-state index contributed by atoms with van der Waals surface area (Å²) in [4.78, 5) is 13.9. The number of hydrogen-bond donors (Lipinski definition) is 1. The van der Waals surface area contributed by atoms with Crippen molar-refractivity contribution in [1.82, 2.24) is 0 Å². The maximum absolute atomic E-state index is 12.1. The maximum atomic E-state index is 12.1. The Morgan fingerprint density at radius 2 is 1.91 bits per heavy atom. The predicted octanol–water partition coefficient (Wildman–Crippen LogP) is 3.73. The number of hydrogen-bond acceptors (Lipinski definition) is 3. The largest absolute Gasteiger partial charge is 0.483 e. The monoisotopic (exact) mass is 318 g/mol. The number of para-hydroxylation sites is 2. The highest BCUT2D eigenvalue weighted by Gasteiger charge is 2.12. The highest BCUT2D eigenvalue weighted by atomic mass is 35.5. The number of ether oxygens (including phenoxy) is 1. The quantitative estimate of drug-likeness (QED) is 0.913. The van der Waals surface area contributed by atoms with Crippen molar-refractivity contribution < 1.29 is 9.53 Å². The average Bonchev–Trinajstić information content (AvgIpc) is 2.46. The van der Waals surface area contributed by atoms with Gasteiger partial charge >= 0.3 is 0 Å². The first kappa shape index (κ1) is 16.2.